The lowest BCUT2D eigenvalue weighted by Crippen LogP contribution is -2.34. The van der Waals surface area contributed by atoms with Crippen LogP contribution in [0, 0.1) is 0 Å². The minimum atomic E-state index is -1.22. The molecule has 0 fully saturated rings. The number of rotatable bonds is 6. The highest BCUT2D eigenvalue weighted by Crippen LogP contribution is 2.20. The zero-order valence-corrected chi connectivity index (χ0v) is 15.3. The van der Waals surface area contributed by atoms with Crippen LogP contribution in [0.1, 0.15) is 32.3 Å². The first-order chi connectivity index (χ1) is 14.0. The molecule has 0 aliphatic carbocycles. The van der Waals surface area contributed by atoms with Gasteiger partial charge in [0.15, 0.2) is 6.04 Å². The molecule has 3 rings (SSSR count). The number of nitrogens with two attached hydrogens (primary N) is 1. The average Bonchev–Trinajstić information content (AvgIpc) is 2.73. The highest BCUT2D eigenvalue weighted by atomic mass is 16.4. The molecule has 7 heteroatoms. The SMILES string of the molecule is Nc1ccccc1C(=O)Nc1ccccc1C(=O)NC(C(=O)O)c1ccccc1. The maximum atomic E-state index is 12.8. The highest BCUT2D eigenvalue weighted by molar-refractivity contribution is 6.11. The first-order valence-electron chi connectivity index (χ1n) is 8.81. The van der Waals surface area contributed by atoms with E-state index in [1.807, 2.05) is 0 Å². The molecular weight excluding hydrogens is 370 g/mol. The smallest absolute Gasteiger partial charge is 0.330 e. The lowest BCUT2D eigenvalue weighted by molar-refractivity contribution is -0.139. The van der Waals surface area contributed by atoms with Crippen molar-refractivity contribution in [2.24, 2.45) is 0 Å². The summed E-state index contributed by atoms with van der Waals surface area (Å²) in [5.74, 6) is -2.29. The van der Waals surface area contributed by atoms with Crippen molar-refractivity contribution in [2.75, 3.05) is 11.1 Å². The highest BCUT2D eigenvalue weighted by Gasteiger charge is 2.24. The molecule has 0 radical (unpaired) electrons. The Kier molecular flexibility index (Phi) is 5.89. The molecule has 1 atom stereocenters. The normalized spacial score (nSPS) is 11.3. The van der Waals surface area contributed by atoms with Gasteiger partial charge in [-0.15, -0.1) is 0 Å². The number of nitrogen functional groups attached to an aromatic ring is 1. The fourth-order valence-electron chi connectivity index (χ4n) is 2.83. The molecule has 0 saturated heterocycles. The summed E-state index contributed by atoms with van der Waals surface area (Å²) in [6.07, 6.45) is 0. The van der Waals surface area contributed by atoms with Gasteiger partial charge in [0.25, 0.3) is 11.8 Å². The molecular formula is C22H19N3O4. The van der Waals surface area contributed by atoms with Gasteiger partial charge in [-0.2, -0.15) is 0 Å². The van der Waals surface area contributed by atoms with Crippen molar-refractivity contribution in [2.45, 2.75) is 6.04 Å². The third-order valence-corrected chi connectivity index (χ3v) is 4.28. The Bertz CT molecular complexity index is 1050. The van der Waals surface area contributed by atoms with E-state index in [1.54, 1.807) is 72.8 Å². The summed E-state index contributed by atoms with van der Waals surface area (Å²) in [6.45, 7) is 0. The lowest BCUT2D eigenvalue weighted by atomic mass is 10.1. The van der Waals surface area contributed by atoms with E-state index in [2.05, 4.69) is 10.6 Å². The number of aliphatic carboxylic acids is 1. The van der Waals surface area contributed by atoms with Crippen molar-refractivity contribution >= 4 is 29.2 Å². The Hall–Kier alpha value is -4.13. The Morgan fingerprint density at radius 1 is 0.759 bits per heavy atom. The van der Waals surface area contributed by atoms with Crippen LogP contribution in [0.5, 0.6) is 0 Å². The molecule has 0 heterocycles. The van der Waals surface area contributed by atoms with Crippen molar-refractivity contribution in [1.82, 2.24) is 5.32 Å². The molecule has 7 nitrogen and oxygen atoms in total. The number of carboxylic acid groups (broad SMARTS) is 1. The van der Waals surface area contributed by atoms with Crippen molar-refractivity contribution in [3.8, 4) is 0 Å². The first-order valence-corrected chi connectivity index (χ1v) is 8.81. The summed E-state index contributed by atoms with van der Waals surface area (Å²) >= 11 is 0. The Morgan fingerprint density at radius 3 is 2.00 bits per heavy atom. The van der Waals surface area contributed by atoms with Gasteiger partial charge in [-0.05, 0) is 29.8 Å². The molecule has 0 aromatic heterocycles. The third kappa shape index (κ3) is 4.59. The predicted octanol–water partition coefficient (Wildman–Crippen LogP) is 3.08. The molecule has 2 amide bonds. The second-order valence-electron chi connectivity index (χ2n) is 6.24. The van der Waals surface area contributed by atoms with Crippen LogP contribution in [0.25, 0.3) is 0 Å². The summed E-state index contributed by atoms with van der Waals surface area (Å²) in [6, 6.07) is 20.1. The number of carbonyl (C=O) groups is 3. The van der Waals surface area contributed by atoms with E-state index in [4.69, 9.17) is 5.73 Å². The van der Waals surface area contributed by atoms with Gasteiger partial charge < -0.3 is 21.5 Å². The van der Waals surface area contributed by atoms with Crippen molar-refractivity contribution in [3.05, 3.63) is 95.6 Å². The summed E-state index contributed by atoms with van der Waals surface area (Å²) in [5.41, 5.74) is 7.23. The largest absolute Gasteiger partial charge is 0.479 e. The molecule has 29 heavy (non-hydrogen) atoms. The van der Waals surface area contributed by atoms with Gasteiger partial charge in [0.2, 0.25) is 0 Å². The summed E-state index contributed by atoms with van der Waals surface area (Å²) in [5, 5.41) is 14.7. The number of hydrogen-bond donors (Lipinski definition) is 4. The van der Waals surface area contributed by atoms with E-state index in [1.165, 1.54) is 6.07 Å². The van der Waals surface area contributed by atoms with Crippen LogP contribution in [0.4, 0.5) is 11.4 Å². The first kappa shape index (κ1) is 19.6. The van der Waals surface area contributed by atoms with Gasteiger partial charge in [0.05, 0.1) is 16.8 Å². The van der Waals surface area contributed by atoms with E-state index in [0.29, 0.717) is 11.3 Å². The number of nitrogens with one attached hydrogen (secondary N) is 2. The van der Waals surface area contributed by atoms with Crippen molar-refractivity contribution in [1.29, 1.82) is 0 Å². The molecule has 146 valence electrons. The topological polar surface area (TPSA) is 122 Å². The Balaban J connectivity index is 1.84. The number of anilines is 2. The van der Waals surface area contributed by atoms with Crippen LogP contribution in [-0.4, -0.2) is 22.9 Å². The second-order valence-corrected chi connectivity index (χ2v) is 6.24. The van der Waals surface area contributed by atoms with Gasteiger partial charge in [-0.1, -0.05) is 54.6 Å². The molecule has 0 bridgehead atoms. The second kappa shape index (κ2) is 8.71. The van der Waals surface area contributed by atoms with Gasteiger partial charge >= 0.3 is 5.97 Å². The fourth-order valence-corrected chi connectivity index (χ4v) is 2.83. The van der Waals surface area contributed by atoms with Crippen LogP contribution in [0.15, 0.2) is 78.9 Å². The van der Waals surface area contributed by atoms with Crippen molar-refractivity contribution in [3.63, 3.8) is 0 Å². The van der Waals surface area contributed by atoms with E-state index < -0.39 is 23.8 Å². The summed E-state index contributed by atoms with van der Waals surface area (Å²) < 4.78 is 0. The Labute approximate surface area is 167 Å². The zero-order chi connectivity index (χ0) is 20.8. The summed E-state index contributed by atoms with van der Waals surface area (Å²) in [7, 11) is 0. The molecule has 0 saturated carbocycles. The number of carboxylic acids is 1. The number of para-hydroxylation sites is 2. The maximum Gasteiger partial charge on any atom is 0.330 e. The lowest BCUT2D eigenvalue weighted by Gasteiger charge is -2.17. The molecule has 0 spiro atoms. The standard InChI is InChI=1S/C22H19N3O4/c23-17-12-6-4-10-15(17)20(26)24-18-13-7-5-11-16(18)21(27)25-19(22(28)29)14-8-2-1-3-9-14/h1-13,19H,23H2,(H,24,26)(H,25,27)(H,28,29). The van der Waals surface area contributed by atoms with Crippen molar-refractivity contribution < 1.29 is 19.5 Å². The molecule has 1 unspecified atom stereocenters. The number of amides is 2. The number of hydrogen-bond acceptors (Lipinski definition) is 4. The monoisotopic (exact) mass is 389 g/mol. The van der Waals surface area contributed by atoms with Gasteiger partial charge in [-0.25, -0.2) is 4.79 Å². The van der Waals surface area contributed by atoms with Crippen LogP contribution >= 0.6 is 0 Å². The number of carbonyl (C=O) groups excluding carboxylic acids is 2. The van der Waals surface area contributed by atoms with E-state index in [0.717, 1.165) is 0 Å². The molecule has 5 N–H and O–H groups in total. The molecule has 3 aromatic carbocycles. The fraction of sp³-hybridized carbons (Fsp3) is 0.0455. The van der Waals surface area contributed by atoms with Crippen LogP contribution in [0.3, 0.4) is 0 Å². The average molecular weight is 389 g/mol. The quantitative estimate of drug-likeness (QED) is 0.483. The third-order valence-electron chi connectivity index (χ3n) is 4.28. The van der Waals surface area contributed by atoms with Crippen LogP contribution in [0.2, 0.25) is 0 Å². The minimum absolute atomic E-state index is 0.137. The number of benzene rings is 3. The summed E-state index contributed by atoms with van der Waals surface area (Å²) in [4.78, 5) is 37.0. The van der Waals surface area contributed by atoms with Crippen LogP contribution < -0.4 is 16.4 Å². The Morgan fingerprint density at radius 2 is 1.34 bits per heavy atom. The van der Waals surface area contributed by atoms with Gasteiger partial charge in [0.1, 0.15) is 0 Å². The van der Waals surface area contributed by atoms with Crippen LogP contribution in [-0.2, 0) is 4.79 Å². The predicted molar refractivity (Wildman–Crippen MR) is 110 cm³/mol. The van der Waals surface area contributed by atoms with Gasteiger partial charge in [-0.3, -0.25) is 9.59 Å². The van der Waals surface area contributed by atoms with E-state index in [-0.39, 0.29) is 16.8 Å². The molecule has 0 aliphatic heterocycles. The maximum absolute atomic E-state index is 12.8. The van der Waals surface area contributed by atoms with E-state index >= 15 is 0 Å². The molecule has 0 aliphatic rings. The zero-order valence-electron chi connectivity index (χ0n) is 15.3. The molecule has 3 aromatic rings. The van der Waals surface area contributed by atoms with Gasteiger partial charge in [0, 0.05) is 5.69 Å². The minimum Gasteiger partial charge on any atom is -0.479 e. The van der Waals surface area contributed by atoms with E-state index in [9.17, 15) is 19.5 Å².